The van der Waals surface area contributed by atoms with Crippen molar-refractivity contribution in [1.29, 1.82) is 0 Å². The van der Waals surface area contributed by atoms with E-state index in [0.29, 0.717) is 11.8 Å². The summed E-state index contributed by atoms with van der Waals surface area (Å²) >= 11 is 6.19. The highest BCUT2D eigenvalue weighted by molar-refractivity contribution is 6.23. The van der Waals surface area contributed by atoms with Gasteiger partial charge in [0.15, 0.2) is 0 Å². The Morgan fingerprint density at radius 3 is 2.42 bits per heavy atom. The summed E-state index contributed by atoms with van der Waals surface area (Å²) in [6, 6.07) is 0. The largest absolute Gasteiger partial charge is 0.389 e. The third kappa shape index (κ3) is 2.24. The Hall–Kier alpha value is -0.0100. The molecule has 3 atom stereocenters. The molecule has 0 saturated heterocycles. The SMILES string of the molecule is CC1CC(C(C)(C)Cl)C=CC1O. The number of aliphatic hydroxyl groups is 1. The summed E-state index contributed by atoms with van der Waals surface area (Å²) in [5.74, 6) is 0.718. The average molecular weight is 189 g/mol. The predicted octanol–water partition coefficient (Wildman–Crippen LogP) is 2.58. The Morgan fingerprint density at radius 1 is 1.42 bits per heavy atom. The quantitative estimate of drug-likeness (QED) is 0.496. The Labute approximate surface area is 79.4 Å². The molecule has 1 nitrogen and oxygen atoms in total. The van der Waals surface area contributed by atoms with Gasteiger partial charge in [0.05, 0.1) is 6.10 Å². The summed E-state index contributed by atoms with van der Waals surface area (Å²) in [6.45, 7) is 6.10. The zero-order valence-corrected chi connectivity index (χ0v) is 8.67. The molecular weight excluding hydrogens is 172 g/mol. The van der Waals surface area contributed by atoms with Gasteiger partial charge in [-0.15, -0.1) is 11.6 Å². The van der Waals surface area contributed by atoms with Crippen LogP contribution >= 0.6 is 11.6 Å². The fourth-order valence-corrected chi connectivity index (χ4v) is 1.73. The van der Waals surface area contributed by atoms with E-state index in [2.05, 4.69) is 6.92 Å². The molecule has 1 aliphatic carbocycles. The van der Waals surface area contributed by atoms with E-state index in [1.807, 2.05) is 26.0 Å². The van der Waals surface area contributed by atoms with Crippen LogP contribution in [0.15, 0.2) is 12.2 Å². The molecule has 0 radical (unpaired) electrons. The Morgan fingerprint density at radius 2 is 2.00 bits per heavy atom. The Bertz CT molecular complexity index is 181. The molecule has 0 saturated carbocycles. The van der Waals surface area contributed by atoms with Crippen molar-refractivity contribution < 1.29 is 5.11 Å². The normalized spacial score (nSPS) is 36.9. The lowest BCUT2D eigenvalue weighted by Gasteiger charge is -2.33. The van der Waals surface area contributed by atoms with Gasteiger partial charge in [-0.3, -0.25) is 0 Å². The fraction of sp³-hybridized carbons (Fsp3) is 0.800. The number of alkyl halides is 1. The molecule has 0 bridgehead atoms. The third-order valence-corrected chi connectivity index (χ3v) is 2.91. The molecule has 0 spiro atoms. The van der Waals surface area contributed by atoms with Crippen molar-refractivity contribution in [2.45, 2.75) is 38.2 Å². The minimum Gasteiger partial charge on any atom is -0.389 e. The van der Waals surface area contributed by atoms with Gasteiger partial charge >= 0.3 is 0 Å². The molecule has 0 aromatic carbocycles. The molecule has 70 valence electrons. The van der Waals surface area contributed by atoms with Crippen LogP contribution in [-0.2, 0) is 0 Å². The molecular formula is C10H17ClO. The minimum absolute atomic E-state index is 0.190. The van der Waals surface area contributed by atoms with Crippen LogP contribution in [0.5, 0.6) is 0 Å². The van der Waals surface area contributed by atoms with E-state index in [9.17, 15) is 5.11 Å². The van der Waals surface area contributed by atoms with Crippen molar-refractivity contribution in [1.82, 2.24) is 0 Å². The van der Waals surface area contributed by atoms with Gasteiger partial charge in [-0.05, 0) is 32.1 Å². The van der Waals surface area contributed by atoms with Crippen molar-refractivity contribution in [3.05, 3.63) is 12.2 Å². The summed E-state index contributed by atoms with van der Waals surface area (Å²) in [4.78, 5) is -0.190. The van der Waals surface area contributed by atoms with E-state index in [1.54, 1.807) is 0 Å². The second-order valence-corrected chi connectivity index (χ2v) is 5.23. The standard InChI is InChI=1S/C10H17ClO/c1-7-6-8(10(2,3)11)4-5-9(7)12/h4-5,7-9,12H,6H2,1-3H3. The predicted molar refractivity (Wildman–Crippen MR) is 52.3 cm³/mol. The first kappa shape index (κ1) is 10.1. The molecule has 0 heterocycles. The van der Waals surface area contributed by atoms with Crippen molar-refractivity contribution in [2.75, 3.05) is 0 Å². The Balaban J connectivity index is 2.67. The van der Waals surface area contributed by atoms with Gasteiger partial charge in [-0.1, -0.05) is 19.1 Å². The lowest BCUT2D eigenvalue weighted by Crippen LogP contribution is -2.31. The number of hydrogen-bond donors (Lipinski definition) is 1. The maximum absolute atomic E-state index is 9.43. The smallest absolute Gasteiger partial charge is 0.0746 e. The van der Waals surface area contributed by atoms with Crippen LogP contribution in [-0.4, -0.2) is 16.1 Å². The van der Waals surface area contributed by atoms with E-state index in [1.165, 1.54) is 0 Å². The molecule has 1 rings (SSSR count). The van der Waals surface area contributed by atoms with Crippen molar-refractivity contribution in [3.63, 3.8) is 0 Å². The number of hydrogen-bond acceptors (Lipinski definition) is 1. The monoisotopic (exact) mass is 188 g/mol. The fourth-order valence-electron chi connectivity index (χ4n) is 1.57. The van der Waals surface area contributed by atoms with Crippen LogP contribution in [0.2, 0.25) is 0 Å². The van der Waals surface area contributed by atoms with Crippen LogP contribution in [0.25, 0.3) is 0 Å². The number of aliphatic hydroxyl groups excluding tert-OH is 1. The molecule has 1 aliphatic rings. The van der Waals surface area contributed by atoms with Gasteiger partial charge in [0, 0.05) is 4.87 Å². The molecule has 1 N–H and O–H groups in total. The highest BCUT2D eigenvalue weighted by atomic mass is 35.5. The molecule has 0 fully saturated rings. The lowest BCUT2D eigenvalue weighted by atomic mass is 9.80. The second kappa shape index (κ2) is 3.39. The number of halogens is 1. The van der Waals surface area contributed by atoms with Gasteiger partial charge in [0.1, 0.15) is 0 Å². The van der Waals surface area contributed by atoms with Crippen molar-refractivity contribution >= 4 is 11.6 Å². The van der Waals surface area contributed by atoms with Crippen LogP contribution in [0.1, 0.15) is 27.2 Å². The molecule has 0 aromatic heterocycles. The van der Waals surface area contributed by atoms with Crippen molar-refractivity contribution in [3.8, 4) is 0 Å². The van der Waals surface area contributed by atoms with Gasteiger partial charge in [0.25, 0.3) is 0 Å². The molecule has 2 heteroatoms. The lowest BCUT2D eigenvalue weighted by molar-refractivity contribution is 0.134. The van der Waals surface area contributed by atoms with E-state index in [-0.39, 0.29) is 11.0 Å². The van der Waals surface area contributed by atoms with Gasteiger partial charge < -0.3 is 5.11 Å². The number of rotatable bonds is 1. The summed E-state index contributed by atoms with van der Waals surface area (Å²) in [5, 5.41) is 9.43. The van der Waals surface area contributed by atoms with E-state index in [0.717, 1.165) is 6.42 Å². The molecule has 12 heavy (non-hydrogen) atoms. The minimum atomic E-state index is -0.278. The molecule has 0 amide bonds. The van der Waals surface area contributed by atoms with Crippen LogP contribution < -0.4 is 0 Å². The highest BCUT2D eigenvalue weighted by Gasteiger charge is 2.30. The Kier molecular flexibility index (Phi) is 2.84. The first-order valence-electron chi connectivity index (χ1n) is 4.46. The van der Waals surface area contributed by atoms with Crippen LogP contribution in [0, 0.1) is 11.8 Å². The van der Waals surface area contributed by atoms with Crippen LogP contribution in [0.4, 0.5) is 0 Å². The van der Waals surface area contributed by atoms with Crippen molar-refractivity contribution in [2.24, 2.45) is 11.8 Å². The topological polar surface area (TPSA) is 20.2 Å². The van der Waals surface area contributed by atoms with Gasteiger partial charge in [-0.25, -0.2) is 0 Å². The van der Waals surface area contributed by atoms with Crippen LogP contribution in [0.3, 0.4) is 0 Å². The van der Waals surface area contributed by atoms with Gasteiger partial charge in [-0.2, -0.15) is 0 Å². The first-order chi connectivity index (χ1) is 5.41. The first-order valence-corrected chi connectivity index (χ1v) is 4.84. The van der Waals surface area contributed by atoms with E-state index in [4.69, 9.17) is 11.6 Å². The summed E-state index contributed by atoms with van der Waals surface area (Å²) < 4.78 is 0. The van der Waals surface area contributed by atoms with E-state index < -0.39 is 0 Å². The molecule has 0 aromatic rings. The second-order valence-electron chi connectivity index (χ2n) is 4.26. The highest BCUT2D eigenvalue weighted by Crippen LogP contribution is 2.34. The zero-order valence-electron chi connectivity index (χ0n) is 7.92. The number of allylic oxidation sites excluding steroid dienone is 1. The third-order valence-electron chi connectivity index (χ3n) is 2.63. The summed E-state index contributed by atoms with van der Waals surface area (Å²) in [6.07, 6.45) is 4.61. The maximum Gasteiger partial charge on any atom is 0.0746 e. The summed E-state index contributed by atoms with van der Waals surface area (Å²) in [7, 11) is 0. The average Bonchev–Trinajstić information content (AvgIpc) is 1.92. The van der Waals surface area contributed by atoms with Gasteiger partial charge in [0.2, 0.25) is 0 Å². The zero-order chi connectivity index (χ0) is 9.35. The molecule has 0 aliphatic heterocycles. The molecule has 3 unspecified atom stereocenters. The summed E-state index contributed by atoms with van der Waals surface area (Å²) in [5.41, 5.74) is 0. The van der Waals surface area contributed by atoms with E-state index >= 15 is 0 Å². The maximum atomic E-state index is 9.43.